The standard InChI is InChI=1S/C16H17N5O2S/c1-20(2)16-18-5-3-12(19-16)13-10-21(6-7-23-13)15(22)14-11(9-17)4-8-24-14/h3-5,8,13H,6-7,10H2,1-2H3/t13-/m1/s1. The molecule has 124 valence electrons. The minimum Gasteiger partial charge on any atom is -0.368 e. The van der Waals surface area contributed by atoms with E-state index in [0.717, 1.165) is 5.69 Å². The zero-order chi connectivity index (χ0) is 17.1. The van der Waals surface area contributed by atoms with Crippen LogP contribution in [0.3, 0.4) is 0 Å². The van der Waals surface area contributed by atoms with Crippen LogP contribution in [-0.4, -0.2) is 54.6 Å². The molecule has 0 bridgehead atoms. The monoisotopic (exact) mass is 343 g/mol. The molecule has 7 nitrogen and oxygen atoms in total. The molecule has 0 N–H and O–H groups in total. The summed E-state index contributed by atoms with van der Waals surface area (Å²) in [5.74, 6) is 0.473. The molecular formula is C16H17N5O2S. The topological polar surface area (TPSA) is 82.4 Å². The Labute approximate surface area is 144 Å². The molecule has 1 atom stereocenters. The zero-order valence-electron chi connectivity index (χ0n) is 13.5. The maximum atomic E-state index is 12.7. The average Bonchev–Trinajstić information content (AvgIpc) is 3.10. The average molecular weight is 343 g/mol. The summed E-state index contributed by atoms with van der Waals surface area (Å²) >= 11 is 1.29. The summed E-state index contributed by atoms with van der Waals surface area (Å²) in [7, 11) is 3.74. The van der Waals surface area contributed by atoms with Crippen molar-refractivity contribution in [1.82, 2.24) is 14.9 Å². The molecule has 0 unspecified atom stereocenters. The third-order valence-corrected chi connectivity index (χ3v) is 4.63. The van der Waals surface area contributed by atoms with Gasteiger partial charge in [-0.1, -0.05) is 0 Å². The van der Waals surface area contributed by atoms with Crippen LogP contribution in [0.2, 0.25) is 0 Å². The molecule has 0 spiro atoms. The van der Waals surface area contributed by atoms with Gasteiger partial charge in [-0.25, -0.2) is 9.97 Å². The van der Waals surface area contributed by atoms with Gasteiger partial charge in [0.25, 0.3) is 5.91 Å². The molecular weight excluding hydrogens is 326 g/mol. The summed E-state index contributed by atoms with van der Waals surface area (Å²) in [5, 5.41) is 10.9. The third-order valence-electron chi connectivity index (χ3n) is 3.73. The first-order valence-corrected chi connectivity index (χ1v) is 8.37. The molecule has 2 aromatic heterocycles. The maximum absolute atomic E-state index is 12.7. The summed E-state index contributed by atoms with van der Waals surface area (Å²) in [6, 6.07) is 5.54. The number of ether oxygens (including phenoxy) is 1. The molecule has 1 aliphatic heterocycles. The second-order valence-corrected chi connectivity index (χ2v) is 6.48. The Morgan fingerprint density at radius 2 is 2.33 bits per heavy atom. The fraction of sp³-hybridized carbons (Fsp3) is 0.375. The lowest BCUT2D eigenvalue weighted by Crippen LogP contribution is -2.42. The van der Waals surface area contributed by atoms with Crippen molar-refractivity contribution in [3.63, 3.8) is 0 Å². The molecule has 0 saturated carbocycles. The van der Waals surface area contributed by atoms with Crippen LogP contribution in [0.1, 0.15) is 27.0 Å². The molecule has 3 rings (SSSR count). The molecule has 1 aliphatic rings. The van der Waals surface area contributed by atoms with E-state index in [1.165, 1.54) is 11.3 Å². The van der Waals surface area contributed by atoms with Crippen LogP contribution < -0.4 is 4.90 Å². The molecule has 1 saturated heterocycles. The normalized spacial score (nSPS) is 17.4. The van der Waals surface area contributed by atoms with E-state index in [1.54, 1.807) is 28.6 Å². The molecule has 2 aromatic rings. The van der Waals surface area contributed by atoms with E-state index in [-0.39, 0.29) is 12.0 Å². The number of hydrogen-bond acceptors (Lipinski definition) is 7. The van der Waals surface area contributed by atoms with Crippen LogP contribution in [0.25, 0.3) is 0 Å². The van der Waals surface area contributed by atoms with Crippen LogP contribution >= 0.6 is 11.3 Å². The number of carbonyl (C=O) groups excluding carboxylic acids is 1. The lowest BCUT2D eigenvalue weighted by Gasteiger charge is -2.32. The number of nitrogens with zero attached hydrogens (tertiary/aromatic N) is 5. The Balaban J connectivity index is 1.78. The van der Waals surface area contributed by atoms with Gasteiger partial charge in [-0.15, -0.1) is 11.3 Å². The number of nitriles is 1. The molecule has 24 heavy (non-hydrogen) atoms. The van der Waals surface area contributed by atoms with Gasteiger partial charge in [0.15, 0.2) is 0 Å². The predicted octanol–water partition coefficient (Wildman–Crippen LogP) is 1.69. The van der Waals surface area contributed by atoms with Gasteiger partial charge >= 0.3 is 0 Å². The first kappa shape index (κ1) is 16.4. The van der Waals surface area contributed by atoms with Gasteiger partial charge in [-0.05, 0) is 17.5 Å². The Morgan fingerprint density at radius 3 is 3.08 bits per heavy atom. The highest BCUT2D eigenvalue weighted by molar-refractivity contribution is 7.12. The highest BCUT2D eigenvalue weighted by atomic mass is 32.1. The maximum Gasteiger partial charge on any atom is 0.265 e. The molecule has 3 heterocycles. The van der Waals surface area contributed by atoms with Crippen molar-refractivity contribution in [1.29, 1.82) is 5.26 Å². The van der Waals surface area contributed by atoms with E-state index in [0.29, 0.717) is 36.1 Å². The van der Waals surface area contributed by atoms with E-state index in [2.05, 4.69) is 16.0 Å². The summed E-state index contributed by atoms with van der Waals surface area (Å²) in [6.07, 6.45) is 1.39. The number of anilines is 1. The van der Waals surface area contributed by atoms with Gasteiger partial charge < -0.3 is 14.5 Å². The SMILES string of the molecule is CN(C)c1nccc([C@H]2CN(C(=O)c3sccc3C#N)CCO2)n1. The first-order chi connectivity index (χ1) is 11.6. The Hall–Kier alpha value is -2.50. The molecule has 8 heteroatoms. The minimum absolute atomic E-state index is 0.128. The quantitative estimate of drug-likeness (QED) is 0.843. The van der Waals surface area contributed by atoms with E-state index in [4.69, 9.17) is 10.00 Å². The van der Waals surface area contributed by atoms with Crippen molar-refractivity contribution in [2.24, 2.45) is 0 Å². The fourth-order valence-electron chi connectivity index (χ4n) is 2.48. The van der Waals surface area contributed by atoms with Crippen molar-refractivity contribution in [3.05, 3.63) is 39.8 Å². The summed E-state index contributed by atoms with van der Waals surface area (Å²) in [6.45, 7) is 1.35. The third kappa shape index (κ3) is 3.22. The van der Waals surface area contributed by atoms with Crippen LogP contribution in [0, 0.1) is 11.3 Å². The molecule has 1 amide bonds. The second kappa shape index (κ2) is 6.95. The molecule has 0 radical (unpaired) electrons. The summed E-state index contributed by atoms with van der Waals surface area (Å²) in [4.78, 5) is 25.4. The number of aromatic nitrogens is 2. The number of morpholine rings is 1. The van der Waals surface area contributed by atoms with Crippen molar-refractivity contribution in [2.45, 2.75) is 6.10 Å². The van der Waals surface area contributed by atoms with Gasteiger partial charge in [0, 0.05) is 26.8 Å². The highest BCUT2D eigenvalue weighted by Crippen LogP contribution is 2.25. The lowest BCUT2D eigenvalue weighted by atomic mass is 10.2. The first-order valence-electron chi connectivity index (χ1n) is 7.49. The smallest absolute Gasteiger partial charge is 0.265 e. The highest BCUT2D eigenvalue weighted by Gasteiger charge is 2.29. The van der Waals surface area contributed by atoms with Crippen LogP contribution in [0.15, 0.2) is 23.7 Å². The van der Waals surface area contributed by atoms with Crippen molar-refractivity contribution < 1.29 is 9.53 Å². The largest absolute Gasteiger partial charge is 0.368 e. The fourth-order valence-corrected chi connectivity index (χ4v) is 3.29. The number of thiophene rings is 1. The Kier molecular flexibility index (Phi) is 4.74. The van der Waals surface area contributed by atoms with Crippen molar-refractivity contribution >= 4 is 23.2 Å². The van der Waals surface area contributed by atoms with Crippen LogP contribution in [0.5, 0.6) is 0 Å². The minimum atomic E-state index is -0.296. The molecule has 0 aliphatic carbocycles. The Morgan fingerprint density at radius 1 is 1.50 bits per heavy atom. The summed E-state index contributed by atoms with van der Waals surface area (Å²) < 4.78 is 5.79. The second-order valence-electron chi connectivity index (χ2n) is 5.56. The lowest BCUT2D eigenvalue weighted by molar-refractivity contribution is -0.0245. The number of rotatable bonds is 3. The number of amides is 1. The number of carbonyl (C=O) groups is 1. The van der Waals surface area contributed by atoms with Gasteiger partial charge in [-0.3, -0.25) is 4.79 Å². The van der Waals surface area contributed by atoms with Crippen LogP contribution in [-0.2, 0) is 4.74 Å². The zero-order valence-corrected chi connectivity index (χ0v) is 14.3. The van der Waals surface area contributed by atoms with E-state index in [9.17, 15) is 4.79 Å². The molecule has 0 aromatic carbocycles. The van der Waals surface area contributed by atoms with E-state index >= 15 is 0 Å². The van der Waals surface area contributed by atoms with Gasteiger partial charge in [0.2, 0.25) is 5.95 Å². The predicted molar refractivity (Wildman–Crippen MR) is 90.0 cm³/mol. The van der Waals surface area contributed by atoms with E-state index < -0.39 is 0 Å². The van der Waals surface area contributed by atoms with Gasteiger partial charge in [-0.2, -0.15) is 5.26 Å². The van der Waals surface area contributed by atoms with Gasteiger partial charge in [0.05, 0.1) is 24.4 Å². The van der Waals surface area contributed by atoms with E-state index in [1.807, 2.05) is 19.0 Å². The van der Waals surface area contributed by atoms with Crippen molar-refractivity contribution in [2.75, 3.05) is 38.7 Å². The van der Waals surface area contributed by atoms with Crippen molar-refractivity contribution in [3.8, 4) is 6.07 Å². The summed E-state index contributed by atoms with van der Waals surface area (Å²) in [5.41, 5.74) is 1.17. The van der Waals surface area contributed by atoms with Crippen LogP contribution in [0.4, 0.5) is 5.95 Å². The molecule has 1 fully saturated rings. The van der Waals surface area contributed by atoms with Gasteiger partial charge in [0.1, 0.15) is 17.1 Å². The number of hydrogen-bond donors (Lipinski definition) is 0. The Bertz CT molecular complexity index is 783.